The molecule has 5 nitrogen and oxygen atoms in total. The van der Waals surface area contributed by atoms with E-state index in [1.54, 1.807) is 48.3 Å². The van der Waals surface area contributed by atoms with Gasteiger partial charge < -0.3 is 14.6 Å². The second-order valence-corrected chi connectivity index (χ2v) is 6.37. The summed E-state index contributed by atoms with van der Waals surface area (Å²) in [7, 11) is 1.75. The monoisotopic (exact) mass is 370 g/mol. The summed E-state index contributed by atoms with van der Waals surface area (Å²) in [6.07, 6.45) is 1.44. The van der Waals surface area contributed by atoms with Crippen molar-refractivity contribution in [3.05, 3.63) is 96.4 Å². The van der Waals surface area contributed by atoms with Crippen LogP contribution in [0.2, 0.25) is 0 Å². The predicted molar refractivity (Wildman–Crippen MR) is 110 cm³/mol. The molecule has 4 rings (SSSR count). The lowest BCUT2D eigenvalue weighted by Crippen LogP contribution is -2.26. The summed E-state index contributed by atoms with van der Waals surface area (Å²) in [5.74, 6) is -0.313. The van der Waals surface area contributed by atoms with E-state index in [9.17, 15) is 9.59 Å². The summed E-state index contributed by atoms with van der Waals surface area (Å²) in [6, 6.07) is 23.9. The van der Waals surface area contributed by atoms with Crippen LogP contribution in [-0.4, -0.2) is 18.9 Å². The van der Waals surface area contributed by atoms with Crippen molar-refractivity contribution < 1.29 is 14.0 Å². The molecule has 0 aliphatic carbocycles. The number of amides is 2. The minimum Gasteiger partial charge on any atom is -0.459 e. The zero-order valence-electron chi connectivity index (χ0n) is 15.3. The zero-order chi connectivity index (χ0) is 19.5. The highest BCUT2D eigenvalue weighted by molar-refractivity contribution is 6.11. The Morgan fingerprint density at radius 1 is 0.893 bits per heavy atom. The van der Waals surface area contributed by atoms with Crippen LogP contribution in [-0.2, 0) is 0 Å². The van der Waals surface area contributed by atoms with Gasteiger partial charge in [0.15, 0.2) is 5.76 Å². The number of rotatable bonds is 4. The predicted octanol–water partition coefficient (Wildman–Crippen LogP) is 4.96. The van der Waals surface area contributed by atoms with E-state index in [2.05, 4.69) is 5.32 Å². The van der Waals surface area contributed by atoms with E-state index in [4.69, 9.17) is 4.42 Å². The molecule has 4 aromatic rings. The lowest BCUT2D eigenvalue weighted by molar-refractivity contribution is 0.0985. The Morgan fingerprint density at radius 3 is 2.50 bits per heavy atom. The number of carbonyl (C=O) groups is 2. The second-order valence-electron chi connectivity index (χ2n) is 6.37. The van der Waals surface area contributed by atoms with Gasteiger partial charge in [-0.25, -0.2) is 0 Å². The molecule has 0 fully saturated rings. The van der Waals surface area contributed by atoms with Crippen LogP contribution in [0.5, 0.6) is 0 Å². The number of benzene rings is 3. The van der Waals surface area contributed by atoms with Crippen LogP contribution >= 0.6 is 0 Å². The number of fused-ring (bicyclic) bond motifs is 1. The van der Waals surface area contributed by atoms with Crippen molar-refractivity contribution in [2.24, 2.45) is 0 Å². The number of hydrogen-bond donors (Lipinski definition) is 1. The molecule has 0 spiro atoms. The number of anilines is 2. The molecular formula is C23H18N2O3. The summed E-state index contributed by atoms with van der Waals surface area (Å²) in [5, 5.41) is 4.82. The van der Waals surface area contributed by atoms with Crippen molar-refractivity contribution in [2.45, 2.75) is 0 Å². The minimum absolute atomic E-state index is 0.162. The first kappa shape index (κ1) is 17.5. The fourth-order valence-corrected chi connectivity index (χ4v) is 3.13. The van der Waals surface area contributed by atoms with Gasteiger partial charge in [-0.3, -0.25) is 9.59 Å². The summed E-state index contributed by atoms with van der Waals surface area (Å²) in [6.45, 7) is 0. The van der Waals surface area contributed by atoms with Crippen LogP contribution in [0.1, 0.15) is 20.9 Å². The number of nitrogens with one attached hydrogen (secondary N) is 1. The molecular weight excluding hydrogens is 352 g/mol. The Hall–Kier alpha value is -3.86. The molecule has 138 valence electrons. The molecule has 0 saturated carbocycles. The summed E-state index contributed by atoms with van der Waals surface area (Å²) in [4.78, 5) is 26.8. The van der Waals surface area contributed by atoms with Gasteiger partial charge in [0.2, 0.25) is 0 Å². The summed E-state index contributed by atoms with van der Waals surface area (Å²) in [5.41, 5.74) is 1.83. The van der Waals surface area contributed by atoms with Crippen molar-refractivity contribution >= 4 is 34.0 Å². The quantitative estimate of drug-likeness (QED) is 0.552. The van der Waals surface area contributed by atoms with Gasteiger partial charge >= 0.3 is 0 Å². The molecule has 0 bridgehead atoms. The van der Waals surface area contributed by atoms with E-state index >= 15 is 0 Å². The van der Waals surface area contributed by atoms with Crippen molar-refractivity contribution in [3.8, 4) is 0 Å². The first-order chi connectivity index (χ1) is 13.6. The highest BCUT2D eigenvalue weighted by atomic mass is 16.3. The van der Waals surface area contributed by atoms with Crippen LogP contribution in [0.4, 0.5) is 11.4 Å². The molecule has 3 aromatic carbocycles. The van der Waals surface area contributed by atoms with Crippen LogP contribution in [0.25, 0.3) is 10.8 Å². The largest absolute Gasteiger partial charge is 0.459 e. The third-order valence-electron chi connectivity index (χ3n) is 4.54. The number of nitrogens with zero attached hydrogens (tertiary/aromatic N) is 1. The second kappa shape index (κ2) is 7.40. The normalized spacial score (nSPS) is 10.6. The SMILES string of the molecule is CN(C(=O)c1cccc(NC(=O)c2ccco2)c1)c1cccc2ccccc12. The average Bonchev–Trinajstić information content (AvgIpc) is 3.27. The van der Waals surface area contributed by atoms with Crippen molar-refractivity contribution in [3.63, 3.8) is 0 Å². The molecule has 2 amide bonds. The van der Waals surface area contributed by atoms with Crippen LogP contribution in [0, 0.1) is 0 Å². The van der Waals surface area contributed by atoms with Crippen LogP contribution in [0.3, 0.4) is 0 Å². The Balaban J connectivity index is 1.60. The number of furan rings is 1. The Labute approximate surface area is 162 Å². The molecule has 1 N–H and O–H groups in total. The van der Waals surface area contributed by atoms with Gasteiger partial charge in [-0.15, -0.1) is 0 Å². The van der Waals surface area contributed by atoms with E-state index in [0.717, 1.165) is 16.5 Å². The van der Waals surface area contributed by atoms with E-state index in [1.807, 2.05) is 42.5 Å². The van der Waals surface area contributed by atoms with Gasteiger partial charge in [-0.1, -0.05) is 42.5 Å². The summed E-state index contributed by atoms with van der Waals surface area (Å²) >= 11 is 0. The standard InChI is InChI=1S/C23H18N2O3/c1-25(20-12-5-8-16-7-2-3-11-19(16)20)23(27)17-9-4-10-18(15-17)24-22(26)21-13-6-14-28-21/h2-15H,1H3,(H,24,26). The van der Waals surface area contributed by atoms with Crippen molar-refractivity contribution in [2.75, 3.05) is 17.3 Å². The molecule has 0 radical (unpaired) electrons. The Bertz CT molecular complexity index is 1140. The highest BCUT2D eigenvalue weighted by Crippen LogP contribution is 2.27. The molecule has 0 aliphatic heterocycles. The number of hydrogen-bond acceptors (Lipinski definition) is 3. The van der Waals surface area contributed by atoms with Gasteiger partial charge in [0.25, 0.3) is 11.8 Å². The Kier molecular flexibility index (Phi) is 4.64. The molecule has 0 aliphatic rings. The minimum atomic E-state index is -0.364. The average molecular weight is 370 g/mol. The fraction of sp³-hybridized carbons (Fsp3) is 0.0435. The maximum atomic E-state index is 13.1. The van der Waals surface area contributed by atoms with Gasteiger partial charge in [0.05, 0.1) is 12.0 Å². The Morgan fingerprint density at radius 2 is 1.68 bits per heavy atom. The van der Waals surface area contributed by atoms with Crippen LogP contribution < -0.4 is 10.2 Å². The maximum absolute atomic E-state index is 13.1. The smallest absolute Gasteiger partial charge is 0.291 e. The molecule has 1 heterocycles. The van der Waals surface area contributed by atoms with E-state index < -0.39 is 0 Å². The first-order valence-electron chi connectivity index (χ1n) is 8.84. The maximum Gasteiger partial charge on any atom is 0.291 e. The molecule has 0 saturated heterocycles. The van der Waals surface area contributed by atoms with E-state index in [-0.39, 0.29) is 17.6 Å². The fourth-order valence-electron chi connectivity index (χ4n) is 3.13. The molecule has 1 aromatic heterocycles. The molecule has 28 heavy (non-hydrogen) atoms. The van der Waals surface area contributed by atoms with E-state index in [1.165, 1.54) is 6.26 Å². The van der Waals surface area contributed by atoms with Gasteiger partial charge in [-0.2, -0.15) is 0 Å². The van der Waals surface area contributed by atoms with Crippen LogP contribution in [0.15, 0.2) is 89.5 Å². The van der Waals surface area contributed by atoms with Crippen molar-refractivity contribution in [1.82, 2.24) is 0 Å². The van der Waals surface area contributed by atoms with Crippen molar-refractivity contribution in [1.29, 1.82) is 0 Å². The topological polar surface area (TPSA) is 62.6 Å². The summed E-state index contributed by atoms with van der Waals surface area (Å²) < 4.78 is 5.09. The third-order valence-corrected chi connectivity index (χ3v) is 4.54. The first-order valence-corrected chi connectivity index (χ1v) is 8.84. The van der Waals surface area contributed by atoms with E-state index in [0.29, 0.717) is 11.3 Å². The lowest BCUT2D eigenvalue weighted by Gasteiger charge is -2.20. The van der Waals surface area contributed by atoms with Gasteiger partial charge in [0, 0.05) is 23.7 Å². The third kappa shape index (κ3) is 3.38. The van der Waals surface area contributed by atoms with Gasteiger partial charge in [0.1, 0.15) is 0 Å². The highest BCUT2D eigenvalue weighted by Gasteiger charge is 2.17. The molecule has 0 unspecified atom stereocenters. The lowest BCUT2D eigenvalue weighted by atomic mass is 10.1. The zero-order valence-corrected chi connectivity index (χ0v) is 15.3. The molecule has 0 atom stereocenters. The molecule has 5 heteroatoms. The van der Waals surface area contributed by atoms with Gasteiger partial charge in [-0.05, 0) is 41.8 Å². The number of carbonyl (C=O) groups excluding carboxylic acids is 2.